The van der Waals surface area contributed by atoms with Gasteiger partial charge in [-0.1, -0.05) is 18.2 Å². The molecule has 1 aliphatic rings. The van der Waals surface area contributed by atoms with E-state index in [1.54, 1.807) is 31.5 Å². The van der Waals surface area contributed by atoms with E-state index in [9.17, 15) is 9.50 Å². The second-order valence-corrected chi connectivity index (χ2v) is 9.07. The van der Waals surface area contributed by atoms with Crippen molar-refractivity contribution in [2.75, 3.05) is 33.4 Å². The molecule has 1 saturated heterocycles. The predicted octanol–water partition coefficient (Wildman–Crippen LogP) is 4.21. The predicted molar refractivity (Wildman–Crippen MR) is 131 cm³/mol. The lowest BCUT2D eigenvalue weighted by Crippen LogP contribution is -2.37. The average Bonchev–Trinajstić information content (AvgIpc) is 3.17. The van der Waals surface area contributed by atoms with Crippen molar-refractivity contribution in [3.05, 3.63) is 72.1 Å². The lowest BCUT2D eigenvalue weighted by molar-refractivity contribution is -0.0177. The number of hydrogen-bond acceptors (Lipinski definition) is 6. The van der Waals surface area contributed by atoms with Crippen LogP contribution in [-0.2, 0) is 13.1 Å². The van der Waals surface area contributed by atoms with Crippen LogP contribution in [0.1, 0.15) is 30.7 Å². The summed E-state index contributed by atoms with van der Waals surface area (Å²) in [6, 6.07) is 12.3. The summed E-state index contributed by atoms with van der Waals surface area (Å²) in [7, 11) is 1.64. The number of likely N-dealkylation sites (tertiary alicyclic amines) is 1. The number of aromatic nitrogens is 2. The summed E-state index contributed by atoms with van der Waals surface area (Å²) in [5.74, 6) is 2.13. The van der Waals surface area contributed by atoms with Gasteiger partial charge in [-0.05, 0) is 62.6 Å². The van der Waals surface area contributed by atoms with E-state index < -0.39 is 11.4 Å². The van der Waals surface area contributed by atoms with Gasteiger partial charge >= 0.3 is 0 Å². The molecule has 8 heteroatoms. The first kappa shape index (κ1) is 25.0. The number of imidazole rings is 1. The smallest absolute Gasteiger partial charge is 0.165 e. The van der Waals surface area contributed by atoms with Crippen molar-refractivity contribution in [2.24, 2.45) is 0 Å². The van der Waals surface area contributed by atoms with Crippen molar-refractivity contribution in [3.63, 3.8) is 0 Å². The Kier molecular flexibility index (Phi) is 8.25. The molecule has 0 spiro atoms. The maximum atomic E-state index is 13.9. The molecule has 4 rings (SSSR count). The minimum atomic E-state index is -0.976. The maximum Gasteiger partial charge on any atom is 0.165 e. The summed E-state index contributed by atoms with van der Waals surface area (Å²) in [5.41, 5.74) is 0.143. The Morgan fingerprint density at radius 2 is 1.91 bits per heavy atom. The van der Waals surface area contributed by atoms with Gasteiger partial charge in [0.25, 0.3) is 0 Å². The summed E-state index contributed by atoms with van der Waals surface area (Å²) in [5, 5.41) is 11.1. The molecule has 1 fully saturated rings. The zero-order valence-electron chi connectivity index (χ0n) is 20.5. The Bertz CT molecular complexity index is 1110. The molecule has 0 radical (unpaired) electrons. The number of aliphatic hydroxyl groups is 1. The molecule has 188 valence electrons. The Hall–Kier alpha value is -3.10. The van der Waals surface area contributed by atoms with Crippen LogP contribution < -0.4 is 14.2 Å². The Morgan fingerprint density at radius 1 is 1.06 bits per heavy atom. The quantitative estimate of drug-likeness (QED) is 0.466. The van der Waals surface area contributed by atoms with Gasteiger partial charge in [-0.25, -0.2) is 9.37 Å². The summed E-state index contributed by atoms with van der Waals surface area (Å²) in [6.45, 7) is 5.59. The monoisotopic (exact) mass is 483 g/mol. The molecule has 2 heterocycles. The summed E-state index contributed by atoms with van der Waals surface area (Å²) < 4.78 is 33.1. The van der Waals surface area contributed by atoms with Gasteiger partial charge < -0.3 is 23.9 Å². The lowest BCUT2D eigenvalue weighted by Gasteiger charge is -2.27. The molecule has 1 atom stereocenters. The molecule has 0 saturated carbocycles. The van der Waals surface area contributed by atoms with Gasteiger partial charge in [0.05, 0.1) is 19.3 Å². The molecule has 0 bridgehead atoms. The minimum Gasteiger partial charge on any atom is -0.493 e. The fourth-order valence-corrected chi connectivity index (χ4v) is 4.40. The second-order valence-electron chi connectivity index (χ2n) is 9.07. The Balaban J connectivity index is 1.32. The molecular weight excluding hydrogens is 449 g/mol. The van der Waals surface area contributed by atoms with Crippen LogP contribution in [0.2, 0.25) is 0 Å². The van der Waals surface area contributed by atoms with Crippen LogP contribution in [0, 0.1) is 12.7 Å². The summed E-state index contributed by atoms with van der Waals surface area (Å²) in [4.78, 5) is 6.56. The molecule has 7 nitrogen and oxygen atoms in total. The van der Waals surface area contributed by atoms with E-state index in [-0.39, 0.29) is 12.4 Å². The number of nitrogens with zero attached hydrogens (tertiary/aromatic N) is 3. The zero-order valence-corrected chi connectivity index (χ0v) is 20.5. The molecule has 1 N–H and O–H groups in total. The van der Waals surface area contributed by atoms with Crippen molar-refractivity contribution in [1.82, 2.24) is 14.5 Å². The van der Waals surface area contributed by atoms with Crippen LogP contribution in [-0.4, -0.2) is 58.6 Å². The highest BCUT2D eigenvalue weighted by atomic mass is 19.1. The first-order chi connectivity index (χ1) is 17.0. The fraction of sp³-hybridized carbons (Fsp3) is 0.444. The van der Waals surface area contributed by atoms with E-state index in [4.69, 9.17) is 14.2 Å². The first-order valence-electron chi connectivity index (χ1n) is 12.1. The Labute approximate surface area is 206 Å². The van der Waals surface area contributed by atoms with Gasteiger partial charge in [0, 0.05) is 25.5 Å². The summed E-state index contributed by atoms with van der Waals surface area (Å²) >= 11 is 0. The van der Waals surface area contributed by atoms with E-state index >= 15 is 0 Å². The van der Waals surface area contributed by atoms with Crippen molar-refractivity contribution in [1.29, 1.82) is 0 Å². The van der Waals surface area contributed by atoms with Crippen molar-refractivity contribution in [2.45, 2.75) is 44.9 Å². The zero-order chi connectivity index (χ0) is 24.7. The van der Waals surface area contributed by atoms with Crippen molar-refractivity contribution < 1.29 is 23.7 Å². The third-order valence-electron chi connectivity index (χ3n) is 6.49. The van der Waals surface area contributed by atoms with E-state index in [0.717, 1.165) is 37.4 Å². The third-order valence-corrected chi connectivity index (χ3v) is 6.49. The van der Waals surface area contributed by atoms with Crippen molar-refractivity contribution >= 4 is 0 Å². The van der Waals surface area contributed by atoms with E-state index in [1.807, 2.05) is 35.9 Å². The number of ether oxygens (including phenoxy) is 3. The molecule has 0 amide bonds. The van der Waals surface area contributed by atoms with Gasteiger partial charge in [-0.3, -0.25) is 4.90 Å². The van der Waals surface area contributed by atoms with Crippen LogP contribution in [0.25, 0.3) is 0 Å². The number of aryl methyl sites for hydroxylation is 1. The van der Waals surface area contributed by atoms with Gasteiger partial charge in [0.2, 0.25) is 0 Å². The molecule has 0 unspecified atom stereocenters. The number of methoxy groups -OCH3 is 1. The summed E-state index contributed by atoms with van der Waals surface area (Å²) in [6.07, 6.45) is 5.73. The highest BCUT2D eigenvalue weighted by Gasteiger charge is 2.31. The second kappa shape index (κ2) is 11.6. The SMILES string of the molecule is COc1ccc(CN2CCC[C@](O)(COc3ccccc3F)CC2)cc1OCCn1ccnc1C. The minimum absolute atomic E-state index is 0.0820. The molecular formula is C27H34FN3O4. The topological polar surface area (TPSA) is 69.0 Å². The normalized spacial score (nSPS) is 18.7. The van der Waals surface area contributed by atoms with E-state index in [1.165, 1.54) is 6.07 Å². The molecule has 2 aromatic carbocycles. The van der Waals surface area contributed by atoms with Crippen LogP contribution >= 0.6 is 0 Å². The van der Waals surface area contributed by atoms with Gasteiger partial charge in [0.15, 0.2) is 23.1 Å². The number of benzene rings is 2. The molecule has 35 heavy (non-hydrogen) atoms. The van der Waals surface area contributed by atoms with Crippen LogP contribution in [0.5, 0.6) is 17.2 Å². The number of hydrogen-bond donors (Lipinski definition) is 1. The van der Waals surface area contributed by atoms with Crippen molar-refractivity contribution in [3.8, 4) is 17.2 Å². The van der Waals surface area contributed by atoms with Gasteiger partial charge in [-0.15, -0.1) is 0 Å². The maximum absolute atomic E-state index is 13.9. The first-order valence-corrected chi connectivity index (χ1v) is 12.1. The standard InChI is InChI=1S/C27H34FN3O4/c1-21-29-12-15-31(21)16-17-34-26-18-22(8-9-25(26)33-2)19-30-13-5-10-27(32,11-14-30)20-35-24-7-4-3-6-23(24)28/h3-4,6-9,12,15,18,32H,5,10-11,13-14,16-17,19-20H2,1-2H3/t27-/m1/s1. The average molecular weight is 484 g/mol. The number of rotatable bonds is 10. The number of halogens is 1. The molecule has 0 aliphatic carbocycles. The molecule has 1 aromatic heterocycles. The van der Waals surface area contributed by atoms with Crippen LogP contribution in [0.4, 0.5) is 4.39 Å². The largest absolute Gasteiger partial charge is 0.493 e. The highest BCUT2D eigenvalue weighted by Crippen LogP contribution is 2.30. The lowest BCUT2D eigenvalue weighted by atomic mass is 9.96. The van der Waals surface area contributed by atoms with Crippen LogP contribution in [0.3, 0.4) is 0 Å². The van der Waals surface area contributed by atoms with Crippen LogP contribution in [0.15, 0.2) is 54.9 Å². The Morgan fingerprint density at radius 3 is 2.69 bits per heavy atom. The van der Waals surface area contributed by atoms with Gasteiger partial charge in [-0.2, -0.15) is 0 Å². The molecule has 1 aliphatic heterocycles. The fourth-order valence-electron chi connectivity index (χ4n) is 4.40. The van der Waals surface area contributed by atoms with E-state index in [2.05, 4.69) is 9.88 Å². The highest BCUT2D eigenvalue weighted by molar-refractivity contribution is 5.43. The number of para-hydroxylation sites is 1. The van der Waals surface area contributed by atoms with E-state index in [0.29, 0.717) is 37.5 Å². The molecule has 3 aromatic rings. The third kappa shape index (κ3) is 6.74. The van der Waals surface area contributed by atoms with Gasteiger partial charge in [0.1, 0.15) is 19.0 Å².